The lowest BCUT2D eigenvalue weighted by Crippen LogP contribution is -2.24. The molecule has 1 amide bonds. The molecule has 9 nitrogen and oxygen atoms in total. The van der Waals surface area contributed by atoms with Crippen LogP contribution in [-0.2, 0) is 26.1 Å². The molecule has 0 saturated heterocycles. The summed E-state index contributed by atoms with van der Waals surface area (Å²) < 4.78 is 32.5. The van der Waals surface area contributed by atoms with Crippen LogP contribution in [0.25, 0.3) is 0 Å². The van der Waals surface area contributed by atoms with Gasteiger partial charge in [0.15, 0.2) is 6.61 Å². The number of amides is 1. The minimum atomic E-state index is -3.99. The fourth-order valence-corrected chi connectivity index (χ4v) is 3.83. The van der Waals surface area contributed by atoms with Gasteiger partial charge in [-0.15, -0.1) is 0 Å². The average molecular weight is 465 g/mol. The smallest absolute Gasteiger partial charge is 0.342 e. The van der Waals surface area contributed by atoms with E-state index >= 15 is 0 Å². The van der Waals surface area contributed by atoms with Crippen LogP contribution in [0.5, 0.6) is 5.75 Å². The number of benzene rings is 3. The minimum absolute atomic E-state index is 0.0359. The number of hydrogen-bond acceptors (Lipinski definition) is 7. The highest BCUT2D eigenvalue weighted by molar-refractivity contribution is 7.89. The summed E-state index contributed by atoms with van der Waals surface area (Å²) in [6.07, 6.45) is 0. The third-order valence-corrected chi connectivity index (χ3v) is 5.86. The summed E-state index contributed by atoms with van der Waals surface area (Å²) in [4.78, 5) is 24.2. The maximum atomic E-state index is 12.6. The van der Waals surface area contributed by atoms with Crippen molar-refractivity contribution in [3.63, 3.8) is 0 Å². The van der Waals surface area contributed by atoms with Gasteiger partial charge in [0.25, 0.3) is 5.91 Å². The molecule has 10 heteroatoms. The fourth-order valence-electron chi connectivity index (χ4n) is 2.79. The molecule has 0 unspecified atom stereocenters. The van der Waals surface area contributed by atoms with Crippen molar-refractivity contribution >= 4 is 27.6 Å². The molecule has 0 saturated carbocycles. The largest absolute Gasteiger partial charge is 0.507 e. The summed E-state index contributed by atoms with van der Waals surface area (Å²) in [6.45, 7) is -0.671. The van der Waals surface area contributed by atoms with Gasteiger partial charge in [0.1, 0.15) is 17.4 Å². The highest BCUT2D eigenvalue weighted by Crippen LogP contribution is 2.22. The van der Waals surface area contributed by atoms with Gasteiger partial charge >= 0.3 is 5.97 Å². The average Bonchev–Trinajstić information content (AvgIpc) is 2.82. The van der Waals surface area contributed by atoms with Crippen LogP contribution in [0.1, 0.15) is 21.5 Å². The Bertz CT molecular complexity index is 1320. The monoisotopic (exact) mass is 465 g/mol. The SMILES string of the molecule is N#Cc1ccccc1NC(=O)COC(=O)c1cc(S(=O)(=O)NCc2ccccc2)ccc1O. The van der Waals surface area contributed by atoms with E-state index in [-0.39, 0.29) is 22.7 Å². The quantitative estimate of drug-likeness (QED) is 0.433. The minimum Gasteiger partial charge on any atom is -0.507 e. The molecule has 168 valence electrons. The van der Waals surface area contributed by atoms with Crippen molar-refractivity contribution in [3.05, 3.63) is 89.5 Å². The molecule has 0 aliphatic carbocycles. The summed E-state index contributed by atoms with van der Waals surface area (Å²) in [5.41, 5.74) is 0.809. The molecule has 0 aliphatic heterocycles. The Morgan fingerprint density at radius 1 is 1.00 bits per heavy atom. The Morgan fingerprint density at radius 2 is 1.70 bits per heavy atom. The van der Waals surface area contributed by atoms with Crippen LogP contribution >= 0.6 is 0 Å². The van der Waals surface area contributed by atoms with Crippen molar-refractivity contribution in [1.29, 1.82) is 5.26 Å². The van der Waals surface area contributed by atoms with Gasteiger partial charge in [0, 0.05) is 6.54 Å². The van der Waals surface area contributed by atoms with E-state index < -0.39 is 39.8 Å². The van der Waals surface area contributed by atoms with Crippen LogP contribution in [0.3, 0.4) is 0 Å². The Labute approximate surface area is 190 Å². The number of nitriles is 1. The number of rotatable bonds is 8. The first-order chi connectivity index (χ1) is 15.8. The zero-order chi connectivity index (χ0) is 23.8. The second kappa shape index (κ2) is 10.4. The van der Waals surface area contributed by atoms with E-state index in [1.54, 1.807) is 42.5 Å². The molecule has 3 N–H and O–H groups in total. The molecule has 0 aromatic heterocycles. The number of ether oxygens (including phenoxy) is 1. The zero-order valence-corrected chi connectivity index (χ0v) is 18.0. The van der Waals surface area contributed by atoms with Gasteiger partial charge in [0.05, 0.1) is 16.1 Å². The molecule has 33 heavy (non-hydrogen) atoms. The Kier molecular flexibility index (Phi) is 7.40. The lowest BCUT2D eigenvalue weighted by atomic mass is 10.2. The molecule has 3 rings (SSSR count). The van der Waals surface area contributed by atoms with E-state index in [2.05, 4.69) is 10.0 Å². The number of hydrogen-bond donors (Lipinski definition) is 3. The molecule has 0 bridgehead atoms. The van der Waals surface area contributed by atoms with Crippen molar-refractivity contribution in [2.45, 2.75) is 11.4 Å². The van der Waals surface area contributed by atoms with Gasteiger partial charge in [-0.05, 0) is 35.9 Å². The maximum Gasteiger partial charge on any atom is 0.342 e. The second-order valence-corrected chi connectivity index (χ2v) is 8.54. The number of carbonyl (C=O) groups is 2. The third kappa shape index (κ3) is 6.16. The van der Waals surface area contributed by atoms with Gasteiger partial charge in [-0.25, -0.2) is 17.9 Å². The molecule has 3 aromatic carbocycles. The van der Waals surface area contributed by atoms with Crippen molar-refractivity contribution in [2.24, 2.45) is 0 Å². The van der Waals surface area contributed by atoms with Gasteiger partial charge in [-0.3, -0.25) is 4.79 Å². The second-order valence-electron chi connectivity index (χ2n) is 6.77. The number of para-hydroxylation sites is 1. The Morgan fingerprint density at radius 3 is 2.42 bits per heavy atom. The Balaban J connectivity index is 1.66. The number of aromatic hydroxyl groups is 1. The van der Waals surface area contributed by atoms with Crippen molar-refractivity contribution in [3.8, 4) is 11.8 Å². The number of anilines is 1. The number of nitrogens with one attached hydrogen (secondary N) is 2. The standard InChI is InChI=1S/C23H19N3O6S/c24-13-17-8-4-5-9-20(17)26-22(28)15-32-23(29)19-12-18(10-11-21(19)27)33(30,31)25-14-16-6-2-1-3-7-16/h1-12,25,27H,14-15H2,(H,26,28). The summed E-state index contributed by atoms with van der Waals surface area (Å²) in [6, 6.07) is 20.2. The van der Waals surface area contributed by atoms with E-state index in [9.17, 15) is 23.1 Å². The topological polar surface area (TPSA) is 146 Å². The summed E-state index contributed by atoms with van der Waals surface area (Å²) in [5.74, 6) is -2.30. The first-order valence-electron chi connectivity index (χ1n) is 9.63. The normalized spacial score (nSPS) is 10.8. The molecule has 0 aliphatic rings. The molecular formula is C23H19N3O6S. The van der Waals surface area contributed by atoms with E-state index in [4.69, 9.17) is 10.00 Å². The van der Waals surface area contributed by atoms with E-state index in [0.29, 0.717) is 0 Å². The summed E-state index contributed by atoms with van der Waals surface area (Å²) in [5, 5.41) is 21.5. The molecule has 0 spiro atoms. The first-order valence-corrected chi connectivity index (χ1v) is 11.1. The lowest BCUT2D eigenvalue weighted by Gasteiger charge is -2.11. The fraction of sp³-hybridized carbons (Fsp3) is 0.0870. The molecule has 0 radical (unpaired) electrons. The number of nitrogens with zero attached hydrogens (tertiary/aromatic N) is 1. The van der Waals surface area contributed by atoms with Crippen LogP contribution in [0, 0.1) is 11.3 Å². The van der Waals surface area contributed by atoms with E-state index in [1.165, 1.54) is 12.1 Å². The van der Waals surface area contributed by atoms with Gasteiger partial charge in [-0.1, -0.05) is 42.5 Å². The number of carbonyl (C=O) groups excluding carboxylic acids is 2. The highest BCUT2D eigenvalue weighted by atomic mass is 32.2. The number of phenolic OH excluding ortho intramolecular Hbond substituents is 1. The molecule has 0 atom stereocenters. The summed E-state index contributed by atoms with van der Waals surface area (Å²) >= 11 is 0. The predicted octanol–water partition coefficient (Wildman–Crippen LogP) is 2.54. The van der Waals surface area contributed by atoms with Crippen molar-refractivity contribution < 1.29 is 27.9 Å². The van der Waals surface area contributed by atoms with E-state index in [0.717, 1.165) is 23.8 Å². The number of phenols is 1. The molecule has 0 heterocycles. The van der Waals surface area contributed by atoms with Crippen LogP contribution in [0.2, 0.25) is 0 Å². The molecular weight excluding hydrogens is 446 g/mol. The van der Waals surface area contributed by atoms with Crippen LogP contribution in [0.4, 0.5) is 5.69 Å². The zero-order valence-electron chi connectivity index (χ0n) is 17.2. The third-order valence-electron chi connectivity index (χ3n) is 4.46. The number of esters is 1. The van der Waals surface area contributed by atoms with Gasteiger partial charge in [-0.2, -0.15) is 5.26 Å². The van der Waals surface area contributed by atoms with Crippen molar-refractivity contribution in [2.75, 3.05) is 11.9 Å². The summed E-state index contributed by atoms with van der Waals surface area (Å²) in [7, 11) is -3.99. The lowest BCUT2D eigenvalue weighted by molar-refractivity contribution is -0.119. The van der Waals surface area contributed by atoms with Gasteiger partial charge in [0.2, 0.25) is 10.0 Å². The van der Waals surface area contributed by atoms with E-state index in [1.807, 2.05) is 6.07 Å². The Hall–Kier alpha value is -4.20. The van der Waals surface area contributed by atoms with Crippen LogP contribution < -0.4 is 10.0 Å². The predicted molar refractivity (Wildman–Crippen MR) is 119 cm³/mol. The first kappa shape index (κ1) is 23.5. The highest BCUT2D eigenvalue weighted by Gasteiger charge is 2.21. The van der Waals surface area contributed by atoms with Crippen LogP contribution in [-0.4, -0.2) is 32.0 Å². The molecule has 3 aromatic rings. The van der Waals surface area contributed by atoms with Gasteiger partial charge < -0.3 is 15.2 Å². The van der Waals surface area contributed by atoms with Crippen molar-refractivity contribution in [1.82, 2.24) is 4.72 Å². The number of sulfonamides is 1. The van der Waals surface area contributed by atoms with Crippen LogP contribution in [0.15, 0.2) is 77.7 Å². The maximum absolute atomic E-state index is 12.6. The molecule has 0 fully saturated rings.